The third-order valence-electron chi connectivity index (χ3n) is 5.40. The van der Waals surface area contributed by atoms with Crippen LogP contribution in [0.4, 0.5) is 0 Å². The Kier molecular flexibility index (Phi) is 3.56. The Morgan fingerprint density at radius 3 is 2.92 bits per heavy atom. The van der Waals surface area contributed by atoms with E-state index in [0.29, 0.717) is 18.2 Å². The second-order valence-corrected chi connectivity index (χ2v) is 7.19. The first kappa shape index (κ1) is 15.6. The SMILES string of the molecule is CO[C@@H]1C[C@@H](c2nc(C3CC3)n[nH]2)N(C(=O)c2cc3ccccc3[nH]2)C1. The van der Waals surface area contributed by atoms with Crippen LogP contribution < -0.4 is 0 Å². The number of rotatable bonds is 4. The predicted molar refractivity (Wildman–Crippen MR) is 95.8 cm³/mol. The van der Waals surface area contributed by atoms with E-state index in [9.17, 15) is 4.79 Å². The summed E-state index contributed by atoms with van der Waals surface area (Å²) in [6.07, 6.45) is 3.03. The van der Waals surface area contributed by atoms with E-state index < -0.39 is 0 Å². The summed E-state index contributed by atoms with van der Waals surface area (Å²) < 4.78 is 5.54. The smallest absolute Gasteiger partial charge is 0.271 e. The number of ether oxygens (including phenoxy) is 1. The van der Waals surface area contributed by atoms with Crippen LogP contribution in [-0.4, -0.2) is 50.7 Å². The van der Waals surface area contributed by atoms with Crippen LogP contribution in [0.1, 0.15) is 53.4 Å². The fourth-order valence-corrected chi connectivity index (χ4v) is 3.76. The number of carbonyl (C=O) groups is 1. The second-order valence-electron chi connectivity index (χ2n) is 7.19. The van der Waals surface area contributed by atoms with Gasteiger partial charge in [0.25, 0.3) is 5.91 Å². The Morgan fingerprint density at radius 1 is 1.31 bits per heavy atom. The predicted octanol–water partition coefficient (Wildman–Crippen LogP) is 2.77. The van der Waals surface area contributed by atoms with Crippen molar-refractivity contribution >= 4 is 16.8 Å². The number of carbonyl (C=O) groups excluding carboxylic acids is 1. The van der Waals surface area contributed by atoms with Gasteiger partial charge in [-0.2, -0.15) is 5.10 Å². The number of H-pyrrole nitrogens is 2. The zero-order chi connectivity index (χ0) is 17.7. The van der Waals surface area contributed by atoms with Crippen LogP contribution in [0.5, 0.6) is 0 Å². The first-order chi connectivity index (χ1) is 12.7. The van der Waals surface area contributed by atoms with Crippen LogP contribution in [0.2, 0.25) is 0 Å². The number of nitrogens with one attached hydrogen (secondary N) is 2. The average Bonchev–Trinajstić information content (AvgIpc) is 3.12. The van der Waals surface area contributed by atoms with Gasteiger partial charge in [0, 0.05) is 36.9 Å². The van der Waals surface area contributed by atoms with Crippen LogP contribution in [0, 0.1) is 0 Å². The maximum atomic E-state index is 13.2. The number of aromatic amines is 2. The molecule has 2 aliphatic rings. The van der Waals surface area contributed by atoms with E-state index >= 15 is 0 Å². The molecule has 1 aliphatic carbocycles. The number of nitrogens with zero attached hydrogens (tertiary/aromatic N) is 3. The van der Waals surface area contributed by atoms with E-state index in [1.54, 1.807) is 7.11 Å². The monoisotopic (exact) mass is 351 g/mol. The van der Waals surface area contributed by atoms with Gasteiger partial charge in [0.2, 0.25) is 0 Å². The standard InChI is InChI=1S/C19H21N5O2/c1-26-13-9-16(18-21-17(22-23-18)11-6-7-11)24(10-13)19(25)15-8-12-4-2-3-5-14(12)20-15/h2-5,8,11,13,16,20H,6-7,9-10H2,1H3,(H,21,22,23)/t13-,16+/m1/s1. The Balaban J connectivity index is 1.46. The van der Waals surface area contributed by atoms with Crippen LogP contribution in [-0.2, 0) is 4.74 Å². The molecule has 0 spiro atoms. The molecule has 5 rings (SSSR count). The molecule has 2 fully saturated rings. The summed E-state index contributed by atoms with van der Waals surface area (Å²) in [5.74, 6) is 2.09. The number of para-hydroxylation sites is 1. The summed E-state index contributed by atoms with van der Waals surface area (Å²) in [6, 6.07) is 9.67. The molecule has 134 valence electrons. The number of likely N-dealkylation sites (tertiary alicyclic amines) is 1. The summed E-state index contributed by atoms with van der Waals surface area (Å²) in [5.41, 5.74) is 1.56. The molecule has 0 bridgehead atoms. The molecule has 3 heterocycles. The van der Waals surface area contributed by atoms with Gasteiger partial charge in [0.1, 0.15) is 11.5 Å². The van der Waals surface area contributed by atoms with Crippen molar-refractivity contribution in [3.05, 3.63) is 47.7 Å². The van der Waals surface area contributed by atoms with Crippen molar-refractivity contribution in [3.63, 3.8) is 0 Å². The van der Waals surface area contributed by atoms with Crippen LogP contribution in [0.25, 0.3) is 10.9 Å². The van der Waals surface area contributed by atoms with E-state index in [2.05, 4.69) is 20.2 Å². The average molecular weight is 351 g/mol. The fourth-order valence-electron chi connectivity index (χ4n) is 3.76. The molecule has 0 radical (unpaired) electrons. The Labute approximate surface area is 150 Å². The van der Waals surface area contributed by atoms with Crippen molar-refractivity contribution in [2.24, 2.45) is 0 Å². The molecular weight excluding hydrogens is 330 g/mol. The van der Waals surface area contributed by atoms with E-state index in [1.807, 2.05) is 35.2 Å². The highest BCUT2D eigenvalue weighted by atomic mass is 16.5. The van der Waals surface area contributed by atoms with Gasteiger partial charge in [0.15, 0.2) is 5.82 Å². The maximum absolute atomic E-state index is 13.2. The number of aromatic nitrogens is 4. The lowest BCUT2D eigenvalue weighted by Gasteiger charge is -2.22. The van der Waals surface area contributed by atoms with Gasteiger partial charge < -0.3 is 14.6 Å². The number of hydrogen-bond acceptors (Lipinski definition) is 4. The van der Waals surface area contributed by atoms with Crippen LogP contribution >= 0.6 is 0 Å². The number of hydrogen-bond donors (Lipinski definition) is 2. The highest BCUT2D eigenvalue weighted by Gasteiger charge is 2.40. The van der Waals surface area contributed by atoms with Gasteiger partial charge in [-0.1, -0.05) is 18.2 Å². The van der Waals surface area contributed by atoms with Crippen molar-refractivity contribution in [2.45, 2.75) is 37.3 Å². The fraction of sp³-hybridized carbons (Fsp3) is 0.421. The Bertz CT molecular complexity index is 925. The molecule has 0 unspecified atom stereocenters. The summed E-state index contributed by atoms with van der Waals surface area (Å²) in [6.45, 7) is 0.550. The number of amides is 1. The lowest BCUT2D eigenvalue weighted by molar-refractivity contribution is 0.0679. The molecule has 1 aromatic carbocycles. The van der Waals surface area contributed by atoms with Gasteiger partial charge in [-0.25, -0.2) is 4.98 Å². The third-order valence-corrected chi connectivity index (χ3v) is 5.40. The van der Waals surface area contributed by atoms with E-state index in [4.69, 9.17) is 4.74 Å². The quantitative estimate of drug-likeness (QED) is 0.757. The first-order valence-electron chi connectivity index (χ1n) is 9.06. The van der Waals surface area contributed by atoms with Gasteiger partial charge in [-0.15, -0.1) is 0 Å². The summed E-state index contributed by atoms with van der Waals surface area (Å²) in [5, 5.41) is 8.44. The number of methoxy groups -OCH3 is 1. The molecular formula is C19H21N5O2. The topological polar surface area (TPSA) is 86.9 Å². The molecule has 7 nitrogen and oxygen atoms in total. The highest BCUT2D eigenvalue weighted by molar-refractivity contribution is 5.98. The molecule has 3 aromatic rings. The Hall–Kier alpha value is -2.67. The molecule has 2 aromatic heterocycles. The zero-order valence-corrected chi connectivity index (χ0v) is 14.6. The van der Waals surface area contributed by atoms with Gasteiger partial charge in [0.05, 0.1) is 12.1 Å². The number of fused-ring (bicyclic) bond motifs is 1. The molecule has 2 N–H and O–H groups in total. The second kappa shape index (κ2) is 5.95. The minimum absolute atomic E-state index is 0.00260. The minimum atomic E-state index is -0.140. The Morgan fingerprint density at radius 2 is 2.15 bits per heavy atom. The van der Waals surface area contributed by atoms with Crippen molar-refractivity contribution < 1.29 is 9.53 Å². The van der Waals surface area contributed by atoms with Crippen molar-refractivity contribution in [1.82, 2.24) is 25.1 Å². The molecule has 1 saturated heterocycles. The molecule has 2 atom stereocenters. The summed E-state index contributed by atoms with van der Waals surface area (Å²) in [4.78, 5) is 22.9. The molecule has 1 aliphatic heterocycles. The normalized spacial score (nSPS) is 23.0. The third kappa shape index (κ3) is 2.59. The molecule has 7 heteroatoms. The van der Waals surface area contributed by atoms with E-state index in [0.717, 1.165) is 41.8 Å². The van der Waals surface area contributed by atoms with E-state index in [-0.39, 0.29) is 18.1 Å². The van der Waals surface area contributed by atoms with Gasteiger partial charge >= 0.3 is 0 Å². The lowest BCUT2D eigenvalue weighted by Crippen LogP contribution is -2.32. The van der Waals surface area contributed by atoms with Gasteiger partial charge in [-0.3, -0.25) is 9.89 Å². The summed E-state index contributed by atoms with van der Waals surface area (Å²) in [7, 11) is 1.69. The highest BCUT2D eigenvalue weighted by Crippen LogP contribution is 2.39. The van der Waals surface area contributed by atoms with Crippen molar-refractivity contribution in [2.75, 3.05) is 13.7 Å². The maximum Gasteiger partial charge on any atom is 0.271 e. The molecule has 1 saturated carbocycles. The summed E-state index contributed by atoms with van der Waals surface area (Å²) >= 11 is 0. The molecule has 1 amide bonds. The first-order valence-corrected chi connectivity index (χ1v) is 9.06. The van der Waals surface area contributed by atoms with Gasteiger partial charge in [-0.05, 0) is 25.0 Å². The number of benzene rings is 1. The molecule has 26 heavy (non-hydrogen) atoms. The van der Waals surface area contributed by atoms with Crippen molar-refractivity contribution in [3.8, 4) is 0 Å². The zero-order valence-electron chi connectivity index (χ0n) is 14.6. The lowest BCUT2D eigenvalue weighted by atomic mass is 10.2. The largest absolute Gasteiger partial charge is 0.380 e. The van der Waals surface area contributed by atoms with Crippen LogP contribution in [0.3, 0.4) is 0 Å². The van der Waals surface area contributed by atoms with Crippen molar-refractivity contribution in [1.29, 1.82) is 0 Å². The minimum Gasteiger partial charge on any atom is -0.380 e. The van der Waals surface area contributed by atoms with Crippen LogP contribution in [0.15, 0.2) is 30.3 Å². The van der Waals surface area contributed by atoms with E-state index in [1.165, 1.54) is 0 Å².